The Labute approximate surface area is 259 Å². The van der Waals surface area contributed by atoms with Gasteiger partial charge in [0.05, 0.1) is 23.9 Å². The fourth-order valence-corrected chi connectivity index (χ4v) is 4.73. The number of hydrogen-bond acceptors (Lipinski definition) is 8. The van der Waals surface area contributed by atoms with Crippen LogP contribution < -0.4 is 29.6 Å². The van der Waals surface area contributed by atoms with E-state index in [1.54, 1.807) is 42.5 Å². The number of aliphatic carboxylic acids is 1. The molecule has 5 rings (SSSR count). The minimum Gasteiger partial charge on any atom is -0.489 e. The predicted molar refractivity (Wildman–Crippen MR) is 165 cm³/mol. The number of carbonyl (C=O) groups excluding carboxylic acids is 1. The van der Waals surface area contributed by atoms with Crippen molar-refractivity contribution in [3.63, 3.8) is 0 Å². The first-order valence-electron chi connectivity index (χ1n) is 14.1. The van der Waals surface area contributed by atoms with Gasteiger partial charge in [-0.1, -0.05) is 36.4 Å². The molecule has 1 aliphatic heterocycles. The molecule has 0 aromatic heterocycles. The third kappa shape index (κ3) is 7.62. The molecule has 1 aliphatic rings. The molecular weight excluding hydrogens is 578 g/mol. The molecule has 4 N–H and O–H groups in total. The number of rotatable bonds is 11. The number of carbonyl (C=O) groups is 2. The van der Waals surface area contributed by atoms with Crippen molar-refractivity contribution >= 4 is 17.7 Å². The molecule has 1 unspecified atom stereocenters. The summed E-state index contributed by atoms with van der Waals surface area (Å²) < 4.78 is 23.6. The van der Waals surface area contributed by atoms with E-state index in [9.17, 15) is 20.0 Å². The lowest BCUT2D eigenvalue weighted by molar-refractivity contribution is -0.140. The van der Waals surface area contributed by atoms with E-state index in [-0.39, 0.29) is 24.7 Å². The van der Waals surface area contributed by atoms with Gasteiger partial charge in [0.15, 0.2) is 17.5 Å². The highest BCUT2D eigenvalue weighted by Gasteiger charge is 2.20. The number of amides is 2. The van der Waals surface area contributed by atoms with Crippen molar-refractivity contribution in [2.24, 2.45) is 0 Å². The Morgan fingerprint density at radius 1 is 0.956 bits per heavy atom. The van der Waals surface area contributed by atoms with Crippen molar-refractivity contribution < 1.29 is 38.7 Å². The molecule has 11 nitrogen and oxygen atoms in total. The number of benzene rings is 4. The van der Waals surface area contributed by atoms with Gasteiger partial charge in [-0.2, -0.15) is 5.26 Å². The van der Waals surface area contributed by atoms with Crippen LogP contribution in [0.25, 0.3) is 11.1 Å². The highest BCUT2D eigenvalue weighted by molar-refractivity contribution is 5.93. The van der Waals surface area contributed by atoms with Gasteiger partial charge in [0.2, 0.25) is 0 Å². The first-order chi connectivity index (χ1) is 21.8. The van der Waals surface area contributed by atoms with Crippen LogP contribution in [-0.4, -0.2) is 48.1 Å². The summed E-state index contributed by atoms with van der Waals surface area (Å²) in [5, 5.41) is 32.4. The lowest BCUT2D eigenvalue weighted by atomic mass is 9.96. The van der Waals surface area contributed by atoms with E-state index >= 15 is 0 Å². The SMILES string of the molecule is Cc1c(COc2ccc(NC(=O)NC(CO)C(=O)O)c(OCc3cccc(C#N)c3)c2)cccc1-c1ccc2c(c1)OCCO2. The van der Waals surface area contributed by atoms with Crippen LogP contribution in [0.5, 0.6) is 23.0 Å². The summed E-state index contributed by atoms with van der Waals surface area (Å²) >= 11 is 0. The zero-order valence-electron chi connectivity index (χ0n) is 24.4. The molecule has 4 aromatic rings. The molecule has 11 heteroatoms. The average molecular weight is 610 g/mol. The van der Waals surface area contributed by atoms with E-state index in [1.165, 1.54) is 0 Å². The monoisotopic (exact) mass is 609 g/mol. The Morgan fingerprint density at radius 3 is 2.53 bits per heavy atom. The number of aliphatic hydroxyl groups is 1. The molecule has 0 saturated carbocycles. The topological polar surface area (TPSA) is 159 Å². The van der Waals surface area contributed by atoms with Gasteiger partial charge in [-0.3, -0.25) is 0 Å². The number of anilines is 1. The summed E-state index contributed by atoms with van der Waals surface area (Å²) in [5.41, 5.74) is 5.48. The molecule has 0 radical (unpaired) electrons. The Morgan fingerprint density at radius 2 is 1.76 bits per heavy atom. The van der Waals surface area contributed by atoms with Crippen LogP contribution in [0.1, 0.15) is 22.3 Å². The zero-order chi connectivity index (χ0) is 31.8. The summed E-state index contributed by atoms with van der Waals surface area (Å²) in [6.07, 6.45) is 0. The third-order valence-corrected chi connectivity index (χ3v) is 7.13. The van der Waals surface area contributed by atoms with Crippen LogP contribution in [0.15, 0.2) is 78.9 Å². The standard InChI is InChI=1S/C34H31N3O8/c1-21-25(6-3-7-27(21)24-8-11-30-32(15-24)43-13-12-42-30)20-44-26-9-10-28(36-34(41)37-29(18-38)33(39)40)31(16-26)45-19-23-5-2-4-22(14-23)17-35/h2-11,14-16,29,38H,12-13,18-20H2,1H3,(H,39,40)(H2,36,37,41). The van der Waals surface area contributed by atoms with Gasteiger partial charge in [-0.25, -0.2) is 9.59 Å². The highest BCUT2D eigenvalue weighted by Crippen LogP contribution is 2.36. The molecule has 1 atom stereocenters. The van der Waals surface area contributed by atoms with Crippen molar-refractivity contribution in [3.8, 4) is 40.2 Å². The smallest absolute Gasteiger partial charge is 0.328 e. The number of aliphatic hydroxyl groups excluding tert-OH is 1. The van der Waals surface area contributed by atoms with Crippen LogP contribution in [-0.2, 0) is 18.0 Å². The lowest BCUT2D eigenvalue weighted by Crippen LogP contribution is -2.45. The van der Waals surface area contributed by atoms with Gasteiger partial charge in [0.25, 0.3) is 0 Å². The van der Waals surface area contributed by atoms with E-state index in [0.717, 1.165) is 33.6 Å². The fraction of sp³-hybridized carbons (Fsp3) is 0.206. The fourth-order valence-electron chi connectivity index (χ4n) is 4.73. The Bertz CT molecular complexity index is 1750. The molecule has 0 spiro atoms. The number of nitrogens with zero attached hydrogens (tertiary/aromatic N) is 1. The average Bonchev–Trinajstić information content (AvgIpc) is 3.06. The number of urea groups is 1. The number of carboxylic acids is 1. The zero-order valence-corrected chi connectivity index (χ0v) is 24.4. The number of hydrogen-bond donors (Lipinski definition) is 4. The molecule has 2 amide bonds. The molecule has 0 saturated heterocycles. The van der Waals surface area contributed by atoms with Gasteiger partial charge < -0.3 is 39.8 Å². The van der Waals surface area contributed by atoms with Crippen LogP contribution in [0.3, 0.4) is 0 Å². The van der Waals surface area contributed by atoms with Crippen LogP contribution in [0.4, 0.5) is 10.5 Å². The van der Waals surface area contributed by atoms with Crippen LogP contribution >= 0.6 is 0 Å². The van der Waals surface area contributed by atoms with E-state index < -0.39 is 24.6 Å². The summed E-state index contributed by atoms with van der Waals surface area (Å²) in [5.74, 6) is 0.776. The molecular formula is C34H31N3O8. The van der Waals surface area contributed by atoms with E-state index in [0.29, 0.717) is 30.3 Å². The number of ether oxygens (including phenoxy) is 4. The summed E-state index contributed by atoms with van der Waals surface area (Å²) in [4.78, 5) is 23.8. The largest absolute Gasteiger partial charge is 0.489 e. The van der Waals surface area contributed by atoms with Gasteiger partial charge in [0.1, 0.15) is 37.9 Å². The van der Waals surface area contributed by atoms with Crippen molar-refractivity contribution in [2.75, 3.05) is 25.1 Å². The number of fused-ring (bicyclic) bond motifs is 1. The normalized spacial score (nSPS) is 12.4. The maximum atomic E-state index is 12.5. The van der Waals surface area contributed by atoms with Crippen LogP contribution in [0.2, 0.25) is 0 Å². The number of nitrogens with one attached hydrogen (secondary N) is 2. The minimum atomic E-state index is -1.48. The molecule has 0 aliphatic carbocycles. The first kappa shape index (κ1) is 30.7. The highest BCUT2D eigenvalue weighted by atomic mass is 16.6. The second-order valence-corrected chi connectivity index (χ2v) is 10.2. The van der Waals surface area contributed by atoms with Gasteiger partial charge >= 0.3 is 12.0 Å². The lowest BCUT2D eigenvalue weighted by Gasteiger charge is -2.20. The third-order valence-electron chi connectivity index (χ3n) is 7.13. The summed E-state index contributed by atoms with van der Waals surface area (Å²) in [6.45, 7) is 2.61. The number of carboxylic acid groups (broad SMARTS) is 1. The quantitative estimate of drug-likeness (QED) is 0.183. The van der Waals surface area contributed by atoms with E-state index in [2.05, 4.69) is 16.7 Å². The van der Waals surface area contributed by atoms with Gasteiger partial charge in [-0.05, 0) is 71.1 Å². The summed E-state index contributed by atoms with van der Waals surface area (Å²) in [7, 11) is 0. The number of nitriles is 1. The second kappa shape index (κ2) is 14.2. The Hall–Kier alpha value is -5.73. The van der Waals surface area contributed by atoms with Crippen molar-refractivity contribution in [1.82, 2.24) is 5.32 Å². The molecule has 230 valence electrons. The van der Waals surface area contributed by atoms with Crippen molar-refractivity contribution in [2.45, 2.75) is 26.2 Å². The first-order valence-corrected chi connectivity index (χ1v) is 14.1. The van der Waals surface area contributed by atoms with E-state index in [4.69, 9.17) is 24.1 Å². The Kier molecular flexibility index (Phi) is 9.67. The Balaban J connectivity index is 1.34. The molecule has 0 fully saturated rings. The molecule has 1 heterocycles. The summed E-state index contributed by atoms with van der Waals surface area (Å²) in [6, 6.07) is 23.4. The molecule has 45 heavy (non-hydrogen) atoms. The maximum absolute atomic E-state index is 12.5. The van der Waals surface area contributed by atoms with Gasteiger partial charge in [0, 0.05) is 6.07 Å². The molecule has 4 aromatic carbocycles. The minimum absolute atomic E-state index is 0.0837. The second-order valence-electron chi connectivity index (χ2n) is 10.2. The van der Waals surface area contributed by atoms with Crippen molar-refractivity contribution in [1.29, 1.82) is 5.26 Å². The van der Waals surface area contributed by atoms with E-state index in [1.807, 2.05) is 43.3 Å². The maximum Gasteiger partial charge on any atom is 0.328 e. The van der Waals surface area contributed by atoms with Crippen LogP contribution in [0, 0.1) is 18.3 Å². The van der Waals surface area contributed by atoms with Gasteiger partial charge in [-0.15, -0.1) is 0 Å². The molecule has 0 bridgehead atoms. The van der Waals surface area contributed by atoms with Crippen molar-refractivity contribution in [3.05, 3.63) is 101 Å². The predicted octanol–water partition coefficient (Wildman–Crippen LogP) is 5.03.